The number of carboxylic acid groups (broad SMARTS) is 1. The summed E-state index contributed by atoms with van der Waals surface area (Å²) in [6.45, 7) is 0. The predicted molar refractivity (Wildman–Crippen MR) is 69.1 cm³/mol. The second kappa shape index (κ2) is 5.19. The second-order valence-electron chi connectivity index (χ2n) is 5.97. The van der Waals surface area contributed by atoms with Gasteiger partial charge in [-0.25, -0.2) is 8.42 Å². The summed E-state index contributed by atoms with van der Waals surface area (Å²) in [6.07, 6.45) is 7.84. The molecule has 0 spiro atoms. The molecule has 1 saturated carbocycles. The monoisotopic (exact) mass is 274 g/mol. The van der Waals surface area contributed by atoms with Crippen LogP contribution in [0, 0.1) is 11.3 Å². The summed E-state index contributed by atoms with van der Waals surface area (Å²) >= 11 is 0. The van der Waals surface area contributed by atoms with E-state index in [0.717, 1.165) is 6.42 Å². The van der Waals surface area contributed by atoms with Crippen LogP contribution in [-0.4, -0.2) is 31.0 Å². The van der Waals surface area contributed by atoms with Crippen molar-refractivity contribution in [2.75, 3.05) is 11.5 Å². The third-order valence-electron chi connectivity index (χ3n) is 4.60. The molecule has 0 bridgehead atoms. The topological polar surface area (TPSA) is 71.4 Å². The Morgan fingerprint density at radius 1 is 1.22 bits per heavy atom. The van der Waals surface area contributed by atoms with Gasteiger partial charge in [-0.05, 0) is 25.2 Å². The Bertz CT molecular complexity index is 409. The molecule has 0 aromatic carbocycles. The molecular formula is C13H22O4S. The van der Waals surface area contributed by atoms with E-state index in [2.05, 4.69) is 0 Å². The highest BCUT2D eigenvalue weighted by Gasteiger charge is 2.48. The lowest BCUT2D eigenvalue weighted by Crippen LogP contribution is -2.33. The minimum Gasteiger partial charge on any atom is -0.481 e. The van der Waals surface area contributed by atoms with Gasteiger partial charge in [0, 0.05) is 0 Å². The van der Waals surface area contributed by atoms with Gasteiger partial charge in [0.25, 0.3) is 0 Å². The summed E-state index contributed by atoms with van der Waals surface area (Å²) in [7, 11) is -3.13. The molecule has 4 nitrogen and oxygen atoms in total. The lowest BCUT2D eigenvalue weighted by Gasteiger charge is -2.27. The molecule has 1 unspecified atom stereocenters. The molecule has 0 radical (unpaired) electrons. The zero-order chi connectivity index (χ0) is 13.2. The van der Waals surface area contributed by atoms with Crippen molar-refractivity contribution in [3.8, 4) is 0 Å². The van der Waals surface area contributed by atoms with Gasteiger partial charge in [0.05, 0.1) is 16.9 Å². The number of rotatable bonds is 4. The highest BCUT2D eigenvalue weighted by atomic mass is 32.2. The van der Waals surface area contributed by atoms with E-state index >= 15 is 0 Å². The number of aliphatic carboxylic acids is 1. The molecule has 2 aliphatic rings. The molecule has 0 aromatic heterocycles. The molecular weight excluding hydrogens is 252 g/mol. The quantitative estimate of drug-likeness (QED) is 0.853. The van der Waals surface area contributed by atoms with Crippen molar-refractivity contribution in [1.82, 2.24) is 0 Å². The first-order valence-corrected chi connectivity index (χ1v) is 8.70. The van der Waals surface area contributed by atoms with Crippen LogP contribution in [0.5, 0.6) is 0 Å². The molecule has 5 heteroatoms. The number of carbonyl (C=O) groups is 1. The zero-order valence-electron chi connectivity index (χ0n) is 10.7. The normalized spacial score (nSPS) is 32.4. The Hall–Kier alpha value is -0.580. The van der Waals surface area contributed by atoms with Crippen molar-refractivity contribution in [3.63, 3.8) is 0 Å². The molecule has 0 amide bonds. The summed E-state index contributed by atoms with van der Waals surface area (Å²) < 4.78 is 23.1. The van der Waals surface area contributed by atoms with Gasteiger partial charge in [-0.3, -0.25) is 4.79 Å². The molecule has 104 valence electrons. The van der Waals surface area contributed by atoms with Gasteiger partial charge in [-0.15, -0.1) is 0 Å². The minimum absolute atomic E-state index is 0.0456. The first-order chi connectivity index (χ1) is 8.44. The van der Waals surface area contributed by atoms with E-state index in [1.54, 1.807) is 0 Å². The Kier molecular flexibility index (Phi) is 3.99. The van der Waals surface area contributed by atoms with Crippen molar-refractivity contribution >= 4 is 15.8 Å². The fourth-order valence-electron chi connectivity index (χ4n) is 3.35. The molecule has 1 atom stereocenters. The molecule has 0 aromatic rings. The van der Waals surface area contributed by atoms with E-state index in [1.165, 1.54) is 32.1 Å². The maximum absolute atomic E-state index is 11.5. The van der Waals surface area contributed by atoms with Gasteiger partial charge >= 0.3 is 5.97 Å². The Labute approximate surface area is 109 Å². The van der Waals surface area contributed by atoms with Gasteiger partial charge in [0.2, 0.25) is 0 Å². The van der Waals surface area contributed by atoms with Crippen molar-refractivity contribution in [3.05, 3.63) is 0 Å². The number of sulfone groups is 1. The Morgan fingerprint density at radius 2 is 1.89 bits per heavy atom. The summed E-state index contributed by atoms with van der Waals surface area (Å²) in [5, 5.41) is 9.36. The maximum atomic E-state index is 11.5. The Balaban J connectivity index is 1.97. The molecule has 1 aliphatic carbocycles. The van der Waals surface area contributed by atoms with Gasteiger partial charge in [-0.2, -0.15) is 0 Å². The van der Waals surface area contributed by atoms with Crippen LogP contribution in [0.25, 0.3) is 0 Å². The average molecular weight is 274 g/mol. The fraction of sp³-hybridized carbons (Fsp3) is 0.923. The van der Waals surface area contributed by atoms with E-state index in [9.17, 15) is 18.3 Å². The molecule has 18 heavy (non-hydrogen) atoms. The zero-order valence-corrected chi connectivity index (χ0v) is 11.5. The molecule has 2 fully saturated rings. The highest BCUT2D eigenvalue weighted by Crippen LogP contribution is 2.40. The van der Waals surface area contributed by atoms with Gasteiger partial charge in [-0.1, -0.05) is 32.1 Å². The van der Waals surface area contributed by atoms with Gasteiger partial charge in [0.1, 0.15) is 0 Å². The molecule has 2 rings (SSSR count). The van der Waals surface area contributed by atoms with Crippen molar-refractivity contribution < 1.29 is 18.3 Å². The molecule has 1 saturated heterocycles. The van der Waals surface area contributed by atoms with Crippen LogP contribution < -0.4 is 0 Å². The minimum atomic E-state index is -3.13. The lowest BCUT2D eigenvalue weighted by atomic mass is 9.77. The largest absolute Gasteiger partial charge is 0.481 e. The first kappa shape index (κ1) is 13.8. The summed E-state index contributed by atoms with van der Waals surface area (Å²) in [5.41, 5.74) is -0.990. The van der Waals surface area contributed by atoms with Crippen LogP contribution in [0.4, 0.5) is 0 Å². The number of hydrogen-bond acceptors (Lipinski definition) is 3. The third kappa shape index (κ3) is 3.05. The van der Waals surface area contributed by atoms with Gasteiger partial charge < -0.3 is 5.11 Å². The van der Waals surface area contributed by atoms with Crippen molar-refractivity contribution in [2.24, 2.45) is 11.3 Å². The van der Waals surface area contributed by atoms with E-state index < -0.39 is 21.2 Å². The first-order valence-electron chi connectivity index (χ1n) is 6.87. The second-order valence-corrected chi connectivity index (χ2v) is 8.15. The summed E-state index contributed by atoms with van der Waals surface area (Å²) in [6, 6.07) is 0. The van der Waals surface area contributed by atoms with Crippen molar-refractivity contribution in [2.45, 2.75) is 51.4 Å². The Morgan fingerprint density at radius 3 is 2.39 bits per heavy atom. The lowest BCUT2D eigenvalue weighted by molar-refractivity contribution is -0.148. The van der Waals surface area contributed by atoms with E-state index in [-0.39, 0.29) is 11.5 Å². The number of hydrogen-bond donors (Lipinski definition) is 1. The van der Waals surface area contributed by atoms with Crippen LogP contribution in [0.3, 0.4) is 0 Å². The van der Waals surface area contributed by atoms with E-state index in [0.29, 0.717) is 18.8 Å². The maximum Gasteiger partial charge on any atom is 0.310 e. The third-order valence-corrected chi connectivity index (χ3v) is 6.42. The molecule has 1 N–H and O–H groups in total. The van der Waals surface area contributed by atoms with E-state index in [1.807, 2.05) is 0 Å². The smallest absolute Gasteiger partial charge is 0.310 e. The average Bonchev–Trinajstić information content (AvgIpc) is 2.65. The summed E-state index contributed by atoms with van der Waals surface area (Å²) in [4.78, 5) is 11.4. The van der Waals surface area contributed by atoms with Crippen LogP contribution in [-0.2, 0) is 14.6 Å². The van der Waals surface area contributed by atoms with Crippen molar-refractivity contribution in [1.29, 1.82) is 0 Å². The highest BCUT2D eigenvalue weighted by molar-refractivity contribution is 7.91. The predicted octanol–water partition coefficient (Wildman–Crippen LogP) is 2.24. The molecule has 1 heterocycles. The fourth-order valence-corrected chi connectivity index (χ4v) is 5.45. The standard InChI is InChI=1S/C13H22O4S/c14-12(15)13(8-9-18(16,17)10-13)7-6-11-4-2-1-3-5-11/h11H,1-10H2,(H,14,15). The van der Waals surface area contributed by atoms with Crippen LogP contribution in [0.2, 0.25) is 0 Å². The van der Waals surface area contributed by atoms with E-state index in [4.69, 9.17) is 0 Å². The van der Waals surface area contributed by atoms with Crippen LogP contribution in [0.15, 0.2) is 0 Å². The summed E-state index contributed by atoms with van der Waals surface area (Å²) in [5.74, 6) is -0.413. The van der Waals surface area contributed by atoms with Gasteiger partial charge in [0.15, 0.2) is 9.84 Å². The number of carboxylic acids is 1. The van der Waals surface area contributed by atoms with Crippen LogP contribution >= 0.6 is 0 Å². The van der Waals surface area contributed by atoms with Crippen LogP contribution in [0.1, 0.15) is 51.4 Å². The molecule has 1 aliphatic heterocycles. The SMILES string of the molecule is O=C(O)C1(CCC2CCCCC2)CCS(=O)(=O)C1.